The molecule has 2 saturated heterocycles. The average molecular weight is 724 g/mol. The van der Waals surface area contributed by atoms with E-state index in [9.17, 15) is 35.9 Å². The Hall–Kier alpha value is -4.10. The lowest BCUT2D eigenvalue weighted by Gasteiger charge is -2.43. The van der Waals surface area contributed by atoms with E-state index in [0.29, 0.717) is 49.8 Å². The molecule has 0 spiro atoms. The van der Waals surface area contributed by atoms with Gasteiger partial charge in [-0.05, 0) is 67.1 Å². The summed E-state index contributed by atoms with van der Waals surface area (Å²) in [6.07, 6.45) is -7.01. The number of piperazine rings is 1. The monoisotopic (exact) mass is 723 g/mol. The van der Waals surface area contributed by atoms with Crippen LogP contribution in [0.3, 0.4) is 0 Å². The zero-order chi connectivity index (χ0) is 35.2. The van der Waals surface area contributed by atoms with Crippen LogP contribution in [0.1, 0.15) is 57.9 Å². The van der Waals surface area contributed by atoms with E-state index < -0.39 is 29.5 Å². The largest absolute Gasteiger partial charge is 0.416 e. The first kappa shape index (κ1) is 38.7. The van der Waals surface area contributed by atoms with Crippen LogP contribution in [0, 0.1) is 0 Å². The predicted molar refractivity (Wildman–Crippen MR) is 181 cm³/mol. The molecular weight excluding hydrogens is 684 g/mol. The van der Waals surface area contributed by atoms with Crippen molar-refractivity contribution in [3.8, 4) is 0 Å². The summed E-state index contributed by atoms with van der Waals surface area (Å²) in [5.41, 5.74) is -1.72. The molecule has 3 aromatic rings. The first-order valence-corrected chi connectivity index (χ1v) is 16.3. The number of rotatable bonds is 7. The first-order valence-electron chi connectivity index (χ1n) is 16.3. The molecule has 2 aliphatic rings. The molecule has 3 aromatic carbocycles. The Morgan fingerprint density at radius 1 is 0.740 bits per heavy atom. The molecule has 5 rings (SSSR count). The second-order valence-electron chi connectivity index (χ2n) is 12.4. The van der Waals surface area contributed by atoms with Crippen LogP contribution in [0.2, 0.25) is 0 Å². The number of benzene rings is 3. The van der Waals surface area contributed by atoms with Crippen LogP contribution in [0.5, 0.6) is 0 Å². The lowest BCUT2D eigenvalue weighted by Crippen LogP contribution is -2.56. The van der Waals surface area contributed by atoms with Crippen molar-refractivity contribution in [2.24, 2.45) is 4.99 Å². The molecule has 0 N–H and O–H groups in total. The van der Waals surface area contributed by atoms with E-state index in [1.165, 1.54) is 11.9 Å². The van der Waals surface area contributed by atoms with E-state index in [2.05, 4.69) is 14.8 Å². The molecule has 0 aromatic heterocycles. The average Bonchev–Trinajstić information content (AvgIpc) is 3.10. The van der Waals surface area contributed by atoms with Gasteiger partial charge < -0.3 is 14.7 Å². The van der Waals surface area contributed by atoms with Crippen LogP contribution in [0.4, 0.5) is 26.3 Å². The highest BCUT2D eigenvalue weighted by Gasteiger charge is 2.38. The van der Waals surface area contributed by atoms with Crippen molar-refractivity contribution in [1.82, 2.24) is 19.6 Å². The third-order valence-corrected chi connectivity index (χ3v) is 8.93. The number of hydrogen-bond donors (Lipinski definition) is 0. The molecule has 1 unspecified atom stereocenters. The standard InChI is InChI=1S/C36H39F6N5O2.ClH/c1-44(18-15-26-23-29(35(37,38)39)25-30(24-26)36(40,41)42)33(49)31(27-11-5-2-6-12-27)45-19-21-47(22-20-45)34(46-16-9-4-10-17-46)43-32(48)28-13-7-3-8-14-28;/h2-3,5-8,11-14,23-25,31H,4,9-10,15-22H2,1H3;1H. The molecule has 0 saturated carbocycles. The molecule has 7 nitrogen and oxygen atoms in total. The summed E-state index contributed by atoms with van der Waals surface area (Å²) < 4.78 is 80.5. The zero-order valence-electron chi connectivity index (χ0n) is 27.6. The minimum Gasteiger partial charge on any atom is -0.344 e. The molecule has 2 amide bonds. The minimum absolute atomic E-state index is 0. The maximum Gasteiger partial charge on any atom is 0.416 e. The van der Waals surface area contributed by atoms with Crippen LogP contribution < -0.4 is 0 Å². The third-order valence-electron chi connectivity index (χ3n) is 8.93. The summed E-state index contributed by atoms with van der Waals surface area (Å²) in [6.45, 7) is 3.36. The number of carbonyl (C=O) groups is 2. The quantitative estimate of drug-likeness (QED) is 0.147. The second-order valence-corrected chi connectivity index (χ2v) is 12.4. The number of likely N-dealkylation sites (tertiary alicyclic amines) is 1. The van der Waals surface area contributed by atoms with Gasteiger partial charge >= 0.3 is 12.4 Å². The summed E-state index contributed by atoms with van der Waals surface area (Å²) in [6, 6.07) is 18.7. The number of carbonyl (C=O) groups excluding carboxylic acids is 2. The number of halogens is 7. The highest BCUT2D eigenvalue weighted by Crippen LogP contribution is 2.36. The molecule has 0 radical (unpaired) electrons. The molecule has 0 bridgehead atoms. The van der Waals surface area contributed by atoms with E-state index in [0.717, 1.165) is 37.9 Å². The van der Waals surface area contributed by atoms with Crippen LogP contribution >= 0.6 is 12.4 Å². The fourth-order valence-electron chi connectivity index (χ4n) is 6.28. The van der Waals surface area contributed by atoms with Gasteiger partial charge in [0.05, 0.1) is 11.1 Å². The highest BCUT2D eigenvalue weighted by molar-refractivity contribution is 6.02. The fourth-order valence-corrected chi connectivity index (χ4v) is 6.28. The van der Waals surface area contributed by atoms with Gasteiger partial charge in [-0.3, -0.25) is 14.5 Å². The van der Waals surface area contributed by atoms with E-state index in [-0.39, 0.29) is 48.8 Å². The van der Waals surface area contributed by atoms with Gasteiger partial charge in [0, 0.05) is 58.4 Å². The van der Waals surface area contributed by atoms with Gasteiger partial charge in [0.25, 0.3) is 5.91 Å². The van der Waals surface area contributed by atoms with Crippen LogP contribution in [-0.4, -0.2) is 90.2 Å². The Morgan fingerprint density at radius 3 is 1.80 bits per heavy atom. The lowest BCUT2D eigenvalue weighted by molar-refractivity contribution is -0.143. The number of piperidine rings is 1. The van der Waals surface area contributed by atoms with Gasteiger partial charge in [0.15, 0.2) is 0 Å². The topological polar surface area (TPSA) is 59.5 Å². The Labute approximate surface area is 294 Å². The van der Waals surface area contributed by atoms with Crippen LogP contribution in [0.25, 0.3) is 0 Å². The number of amides is 2. The maximum absolute atomic E-state index is 14.0. The lowest BCUT2D eigenvalue weighted by atomic mass is 10.0. The Kier molecular flexibility index (Phi) is 13.0. The van der Waals surface area contributed by atoms with Gasteiger partial charge in [-0.2, -0.15) is 31.3 Å². The van der Waals surface area contributed by atoms with Crippen molar-refractivity contribution in [2.45, 2.75) is 44.1 Å². The molecule has 270 valence electrons. The number of guanidine groups is 1. The van der Waals surface area contributed by atoms with E-state index in [1.807, 2.05) is 41.3 Å². The van der Waals surface area contributed by atoms with Crippen molar-refractivity contribution < 1.29 is 35.9 Å². The second kappa shape index (κ2) is 16.7. The SMILES string of the molecule is CN(CCc1cc(C(F)(F)F)cc(C(F)(F)F)c1)C(=O)C(c1ccccc1)N1CCN(C(=NC(=O)c2ccccc2)N2CCCCC2)CC1.Cl. The Bertz CT molecular complexity index is 1570. The highest BCUT2D eigenvalue weighted by atomic mass is 35.5. The summed E-state index contributed by atoms with van der Waals surface area (Å²) in [7, 11) is 1.50. The molecule has 14 heteroatoms. The van der Waals surface area contributed by atoms with Gasteiger partial charge in [-0.25, -0.2) is 0 Å². The van der Waals surface area contributed by atoms with Crippen molar-refractivity contribution in [3.05, 3.63) is 107 Å². The van der Waals surface area contributed by atoms with Crippen LogP contribution in [-0.2, 0) is 23.6 Å². The number of aliphatic imine (C=N–C) groups is 1. The molecule has 50 heavy (non-hydrogen) atoms. The summed E-state index contributed by atoms with van der Waals surface area (Å²) in [5.74, 6) is -0.0373. The van der Waals surface area contributed by atoms with E-state index >= 15 is 0 Å². The summed E-state index contributed by atoms with van der Waals surface area (Å²) >= 11 is 0. The molecule has 2 heterocycles. The third kappa shape index (κ3) is 9.78. The van der Waals surface area contributed by atoms with Gasteiger partial charge in [0.2, 0.25) is 11.9 Å². The molecule has 1 atom stereocenters. The number of likely N-dealkylation sites (N-methyl/N-ethyl adjacent to an activating group) is 1. The molecule has 2 fully saturated rings. The van der Waals surface area contributed by atoms with Crippen molar-refractivity contribution in [2.75, 3.05) is 52.9 Å². The normalized spacial score (nSPS) is 16.8. The van der Waals surface area contributed by atoms with Gasteiger partial charge in [-0.1, -0.05) is 48.5 Å². The minimum atomic E-state index is -4.95. The number of nitrogens with zero attached hydrogens (tertiary/aromatic N) is 5. The Balaban J connectivity index is 0.00000562. The predicted octanol–water partition coefficient (Wildman–Crippen LogP) is 7.19. The van der Waals surface area contributed by atoms with Gasteiger partial charge in [-0.15, -0.1) is 12.4 Å². The van der Waals surface area contributed by atoms with Gasteiger partial charge in [0.1, 0.15) is 6.04 Å². The molecule has 0 aliphatic carbocycles. The summed E-state index contributed by atoms with van der Waals surface area (Å²) in [5, 5.41) is 0. The first-order chi connectivity index (χ1) is 23.3. The van der Waals surface area contributed by atoms with E-state index in [4.69, 9.17) is 0 Å². The molecular formula is C36H40ClF6N5O2. The summed E-state index contributed by atoms with van der Waals surface area (Å²) in [4.78, 5) is 39.3. The Morgan fingerprint density at radius 2 is 1.26 bits per heavy atom. The molecule has 2 aliphatic heterocycles. The van der Waals surface area contributed by atoms with Crippen LogP contribution in [0.15, 0.2) is 83.9 Å². The number of alkyl halides is 6. The number of hydrogen-bond acceptors (Lipinski definition) is 3. The van der Waals surface area contributed by atoms with Crippen molar-refractivity contribution in [1.29, 1.82) is 0 Å². The van der Waals surface area contributed by atoms with Crippen molar-refractivity contribution in [3.63, 3.8) is 0 Å². The zero-order valence-corrected chi connectivity index (χ0v) is 28.4. The smallest absolute Gasteiger partial charge is 0.344 e. The fraction of sp³-hybridized carbons (Fsp3) is 0.417. The van der Waals surface area contributed by atoms with Crippen molar-refractivity contribution >= 4 is 30.2 Å². The maximum atomic E-state index is 14.0. The van der Waals surface area contributed by atoms with E-state index in [1.54, 1.807) is 24.3 Å².